The van der Waals surface area contributed by atoms with Crippen LogP contribution in [0.15, 0.2) is 53.1 Å². The van der Waals surface area contributed by atoms with E-state index in [1.54, 1.807) is 41.7 Å². The van der Waals surface area contributed by atoms with Crippen molar-refractivity contribution >= 4 is 23.0 Å². The minimum atomic E-state index is -0.651. The summed E-state index contributed by atoms with van der Waals surface area (Å²) in [6.07, 6.45) is 0.703. The van der Waals surface area contributed by atoms with E-state index in [4.69, 9.17) is 9.47 Å². The van der Waals surface area contributed by atoms with Crippen molar-refractivity contribution in [2.45, 2.75) is 32.4 Å². The molecule has 7 heteroatoms. The molecule has 1 aliphatic heterocycles. The average Bonchev–Trinajstić information content (AvgIpc) is 3.33. The zero-order chi connectivity index (χ0) is 21.0. The van der Waals surface area contributed by atoms with Gasteiger partial charge in [-0.25, -0.2) is 0 Å². The van der Waals surface area contributed by atoms with Gasteiger partial charge in [-0.15, -0.1) is 11.3 Å². The van der Waals surface area contributed by atoms with Gasteiger partial charge in [0.05, 0.1) is 29.7 Å². The second-order valence-corrected chi connectivity index (χ2v) is 7.96. The molecule has 1 atom stereocenters. The summed E-state index contributed by atoms with van der Waals surface area (Å²) in [5, 5.41) is 12.4. The van der Waals surface area contributed by atoms with Crippen LogP contribution < -0.4 is 4.74 Å². The first-order chi connectivity index (χ1) is 13.9. The fraction of sp³-hybridized carbons (Fsp3) is 0.364. The second kappa shape index (κ2) is 9.24. The molecule has 0 saturated carbocycles. The number of benzene rings is 1. The van der Waals surface area contributed by atoms with E-state index in [0.717, 1.165) is 5.56 Å². The third-order valence-electron chi connectivity index (χ3n) is 4.72. The molecule has 3 rings (SSSR count). The zero-order valence-corrected chi connectivity index (χ0v) is 17.6. The predicted molar refractivity (Wildman–Crippen MR) is 111 cm³/mol. The Hall–Kier alpha value is -2.64. The smallest absolute Gasteiger partial charge is 0.290 e. The first-order valence-electron chi connectivity index (χ1n) is 9.52. The van der Waals surface area contributed by atoms with Crippen LogP contribution >= 0.6 is 11.3 Å². The fourth-order valence-corrected chi connectivity index (χ4v) is 4.02. The maximum Gasteiger partial charge on any atom is 0.290 e. The van der Waals surface area contributed by atoms with Crippen molar-refractivity contribution in [3.8, 4) is 5.75 Å². The summed E-state index contributed by atoms with van der Waals surface area (Å²) in [5.41, 5.74) is 0.861. The quantitative estimate of drug-likeness (QED) is 0.492. The van der Waals surface area contributed by atoms with Gasteiger partial charge < -0.3 is 19.5 Å². The first-order valence-corrected chi connectivity index (χ1v) is 10.4. The number of ketones is 1. The lowest BCUT2D eigenvalue weighted by molar-refractivity contribution is -0.129. The SMILES string of the molecule is COc1ccc([C@H]2C(C(=O)c3cccs3)=C(O)C(=O)N2CCCOC(C)C)cc1. The van der Waals surface area contributed by atoms with Gasteiger partial charge in [-0.3, -0.25) is 9.59 Å². The van der Waals surface area contributed by atoms with E-state index in [-0.39, 0.29) is 17.5 Å². The standard InChI is InChI=1S/C22H25NO5S/c1-14(2)28-12-5-11-23-19(15-7-9-16(27-3)10-8-15)18(21(25)22(23)26)20(24)17-6-4-13-29-17/h4,6-10,13-14,19,25H,5,11-12H2,1-3H3/t19-/m0/s1. The van der Waals surface area contributed by atoms with Crippen molar-refractivity contribution in [1.29, 1.82) is 0 Å². The minimum absolute atomic E-state index is 0.101. The van der Waals surface area contributed by atoms with Crippen LogP contribution in [-0.2, 0) is 9.53 Å². The van der Waals surface area contributed by atoms with Gasteiger partial charge in [-0.05, 0) is 49.4 Å². The maximum atomic E-state index is 13.1. The Balaban J connectivity index is 1.93. The molecular formula is C22H25NO5S. The summed E-state index contributed by atoms with van der Waals surface area (Å²) >= 11 is 1.29. The number of thiophene rings is 1. The maximum absolute atomic E-state index is 13.1. The number of aliphatic hydroxyl groups excluding tert-OH is 1. The Kier molecular flexibility index (Phi) is 6.71. The molecule has 1 N–H and O–H groups in total. The van der Waals surface area contributed by atoms with E-state index in [9.17, 15) is 14.7 Å². The number of carbonyl (C=O) groups excluding carboxylic acids is 2. The molecule has 0 fully saturated rings. The lowest BCUT2D eigenvalue weighted by Crippen LogP contribution is -2.32. The lowest BCUT2D eigenvalue weighted by atomic mass is 9.95. The van der Waals surface area contributed by atoms with Gasteiger partial charge in [0.1, 0.15) is 5.75 Å². The van der Waals surface area contributed by atoms with Gasteiger partial charge in [0.2, 0.25) is 5.78 Å². The normalized spacial score (nSPS) is 16.8. The van der Waals surface area contributed by atoms with Gasteiger partial charge >= 0.3 is 0 Å². The minimum Gasteiger partial charge on any atom is -0.503 e. The molecule has 2 heterocycles. The van der Waals surface area contributed by atoms with Crippen molar-refractivity contribution < 1.29 is 24.2 Å². The van der Waals surface area contributed by atoms with Crippen LogP contribution in [0, 0.1) is 0 Å². The molecule has 6 nitrogen and oxygen atoms in total. The summed E-state index contributed by atoms with van der Waals surface area (Å²) in [6.45, 7) is 4.76. The summed E-state index contributed by atoms with van der Waals surface area (Å²) in [6, 6.07) is 10.0. The third kappa shape index (κ3) is 4.52. The largest absolute Gasteiger partial charge is 0.503 e. The molecule has 0 radical (unpaired) electrons. The number of ether oxygens (including phenoxy) is 2. The number of hydrogen-bond donors (Lipinski definition) is 1. The van der Waals surface area contributed by atoms with E-state index in [1.165, 1.54) is 11.3 Å². The van der Waals surface area contributed by atoms with E-state index in [1.807, 2.05) is 26.0 Å². The Morgan fingerprint density at radius 3 is 2.55 bits per heavy atom. The van der Waals surface area contributed by atoms with Gasteiger partial charge in [-0.1, -0.05) is 18.2 Å². The second-order valence-electron chi connectivity index (χ2n) is 7.02. The summed E-state index contributed by atoms with van der Waals surface area (Å²) in [7, 11) is 1.58. The van der Waals surface area contributed by atoms with Gasteiger partial charge in [0.25, 0.3) is 5.91 Å². The van der Waals surface area contributed by atoms with Crippen LogP contribution in [0.4, 0.5) is 0 Å². The number of rotatable bonds is 9. The topological polar surface area (TPSA) is 76.1 Å². The molecule has 0 unspecified atom stereocenters. The highest BCUT2D eigenvalue weighted by Crippen LogP contribution is 2.40. The number of Topliss-reactive ketones (excluding diaryl/α,β-unsaturated/α-hetero) is 1. The fourth-order valence-electron chi connectivity index (χ4n) is 3.34. The highest BCUT2D eigenvalue weighted by atomic mass is 32.1. The number of carbonyl (C=O) groups is 2. The van der Waals surface area contributed by atoms with E-state index in [2.05, 4.69) is 0 Å². The van der Waals surface area contributed by atoms with Gasteiger partial charge in [0.15, 0.2) is 5.76 Å². The Labute approximate surface area is 174 Å². The Morgan fingerprint density at radius 2 is 1.97 bits per heavy atom. The number of hydrogen-bond acceptors (Lipinski definition) is 6. The summed E-state index contributed by atoms with van der Waals surface area (Å²) in [5.74, 6) is -0.661. The molecule has 2 aromatic rings. The molecule has 0 aliphatic carbocycles. The number of methoxy groups -OCH3 is 1. The molecular weight excluding hydrogens is 390 g/mol. The zero-order valence-electron chi connectivity index (χ0n) is 16.8. The third-order valence-corrected chi connectivity index (χ3v) is 5.59. The van der Waals surface area contributed by atoms with E-state index < -0.39 is 17.7 Å². The molecule has 1 aromatic heterocycles. The molecule has 154 valence electrons. The summed E-state index contributed by atoms with van der Waals surface area (Å²) in [4.78, 5) is 28.0. The molecule has 0 spiro atoms. The predicted octanol–water partition coefficient (Wildman–Crippen LogP) is 4.15. The van der Waals surface area contributed by atoms with Gasteiger partial charge in [-0.2, -0.15) is 0 Å². The van der Waals surface area contributed by atoms with Crippen LogP contribution in [0.3, 0.4) is 0 Å². The molecule has 0 bridgehead atoms. The van der Waals surface area contributed by atoms with Crippen molar-refractivity contribution in [1.82, 2.24) is 4.90 Å². The molecule has 0 saturated heterocycles. The molecule has 1 amide bonds. The van der Waals surface area contributed by atoms with Crippen molar-refractivity contribution in [2.24, 2.45) is 0 Å². The van der Waals surface area contributed by atoms with Crippen LogP contribution in [-0.4, -0.2) is 48.1 Å². The van der Waals surface area contributed by atoms with Crippen molar-refractivity contribution in [2.75, 3.05) is 20.3 Å². The molecule has 1 aromatic carbocycles. The van der Waals surface area contributed by atoms with Crippen LogP contribution in [0.5, 0.6) is 5.75 Å². The Morgan fingerprint density at radius 1 is 1.24 bits per heavy atom. The molecule has 29 heavy (non-hydrogen) atoms. The summed E-state index contributed by atoms with van der Waals surface area (Å²) < 4.78 is 10.8. The number of nitrogens with zero attached hydrogens (tertiary/aromatic N) is 1. The van der Waals surface area contributed by atoms with Crippen LogP contribution in [0.1, 0.15) is 41.5 Å². The lowest BCUT2D eigenvalue weighted by Gasteiger charge is -2.27. The van der Waals surface area contributed by atoms with Crippen molar-refractivity contribution in [3.63, 3.8) is 0 Å². The number of aliphatic hydroxyl groups is 1. The average molecular weight is 416 g/mol. The first kappa shape index (κ1) is 21.1. The monoisotopic (exact) mass is 415 g/mol. The van der Waals surface area contributed by atoms with Crippen molar-refractivity contribution in [3.05, 3.63) is 63.6 Å². The highest BCUT2D eigenvalue weighted by molar-refractivity contribution is 7.12. The van der Waals surface area contributed by atoms with Crippen LogP contribution in [0.2, 0.25) is 0 Å². The number of amides is 1. The van der Waals surface area contributed by atoms with Crippen LogP contribution in [0.25, 0.3) is 0 Å². The van der Waals surface area contributed by atoms with Gasteiger partial charge in [0, 0.05) is 13.2 Å². The highest BCUT2D eigenvalue weighted by Gasteiger charge is 2.43. The van der Waals surface area contributed by atoms with E-state index in [0.29, 0.717) is 30.2 Å². The molecule has 1 aliphatic rings. The van der Waals surface area contributed by atoms with E-state index >= 15 is 0 Å². The Bertz CT molecular complexity index is 886.